The summed E-state index contributed by atoms with van der Waals surface area (Å²) in [6.07, 6.45) is 0. The molecular formula is C24H20N2O6S. The maximum Gasteiger partial charge on any atom is 0.340 e. The predicted octanol–water partition coefficient (Wildman–Crippen LogP) is 4.51. The Morgan fingerprint density at radius 3 is 2.39 bits per heavy atom. The second kappa shape index (κ2) is 9.58. The average molecular weight is 464 g/mol. The molecule has 0 radical (unpaired) electrons. The van der Waals surface area contributed by atoms with Gasteiger partial charge in [0, 0.05) is 11.6 Å². The van der Waals surface area contributed by atoms with Crippen LogP contribution in [-0.2, 0) is 21.4 Å². The van der Waals surface area contributed by atoms with Gasteiger partial charge in [-0.15, -0.1) is 0 Å². The van der Waals surface area contributed by atoms with Crippen molar-refractivity contribution in [2.24, 2.45) is 0 Å². The topological polar surface area (TPSA) is 108 Å². The van der Waals surface area contributed by atoms with E-state index < -0.39 is 16.0 Å². The molecule has 0 aliphatic rings. The van der Waals surface area contributed by atoms with Crippen molar-refractivity contribution in [3.8, 4) is 17.0 Å². The second-order valence-corrected chi connectivity index (χ2v) is 8.63. The van der Waals surface area contributed by atoms with Gasteiger partial charge in [0.05, 0.1) is 23.3 Å². The fourth-order valence-corrected chi connectivity index (χ4v) is 4.13. The Morgan fingerprint density at radius 1 is 0.970 bits per heavy atom. The van der Waals surface area contributed by atoms with Crippen LogP contribution in [0.4, 0.5) is 5.69 Å². The number of benzene rings is 3. The van der Waals surface area contributed by atoms with Crippen molar-refractivity contribution in [1.29, 1.82) is 0 Å². The van der Waals surface area contributed by atoms with Gasteiger partial charge in [-0.1, -0.05) is 47.6 Å². The summed E-state index contributed by atoms with van der Waals surface area (Å²) in [4.78, 5) is 12.7. The van der Waals surface area contributed by atoms with Gasteiger partial charge in [0.25, 0.3) is 10.0 Å². The van der Waals surface area contributed by atoms with Crippen LogP contribution in [-0.4, -0.2) is 26.7 Å². The lowest BCUT2D eigenvalue weighted by molar-refractivity contribution is 0.0438. The van der Waals surface area contributed by atoms with Crippen LogP contribution in [0.1, 0.15) is 16.1 Å². The van der Waals surface area contributed by atoms with Crippen molar-refractivity contribution in [1.82, 2.24) is 5.16 Å². The molecule has 8 nitrogen and oxygen atoms in total. The molecule has 0 bridgehead atoms. The smallest absolute Gasteiger partial charge is 0.340 e. The lowest BCUT2D eigenvalue weighted by Gasteiger charge is -2.12. The number of nitrogens with one attached hydrogen (secondary N) is 1. The normalized spacial score (nSPS) is 11.1. The van der Waals surface area contributed by atoms with Gasteiger partial charge in [-0.05, 0) is 36.4 Å². The fraction of sp³-hybridized carbons (Fsp3) is 0.0833. The molecule has 0 spiro atoms. The van der Waals surface area contributed by atoms with Crippen molar-refractivity contribution in [2.75, 3.05) is 11.8 Å². The second-order valence-electron chi connectivity index (χ2n) is 6.95. The first-order chi connectivity index (χ1) is 16.0. The van der Waals surface area contributed by atoms with Crippen molar-refractivity contribution < 1.29 is 27.2 Å². The Bertz CT molecular complexity index is 1350. The maximum atomic E-state index is 12.8. The Kier molecular flexibility index (Phi) is 6.41. The Balaban J connectivity index is 1.46. The van der Waals surface area contributed by atoms with E-state index in [1.54, 1.807) is 18.2 Å². The maximum absolute atomic E-state index is 12.8. The summed E-state index contributed by atoms with van der Waals surface area (Å²) in [6.45, 7) is -0.155. The number of hydrogen-bond donors (Lipinski definition) is 1. The van der Waals surface area contributed by atoms with Crippen molar-refractivity contribution in [2.45, 2.75) is 11.5 Å². The first-order valence-electron chi connectivity index (χ1n) is 9.90. The molecular weight excluding hydrogens is 444 g/mol. The van der Waals surface area contributed by atoms with Gasteiger partial charge in [-0.2, -0.15) is 0 Å². The Morgan fingerprint density at radius 2 is 1.67 bits per heavy atom. The van der Waals surface area contributed by atoms with Crippen LogP contribution in [0.15, 0.2) is 94.3 Å². The highest BCUT2D eigenvalue weighted by atomic mass is 32.2. The Labute approximate surface area is 190 Å². The quantitative estimate of drug-likeness (QED) is 0.382. The van der Waals surface area contributed by atoms with E-state index in [0.717, 1.165) is 5.56 Å². The van der Waals surface area contributed by atoms with Crippen molar-refractivity contribution >= 4 is 21.7 Å². The van der Waals surface area contributed by atoms with Crippen molar-refractivity contribution in [3.63, 3.8) is 0 Å². The number of esters is 1. The zero-order chi connectivity index (χ0) is 23.3. The molecule has 0 saturated carbocycles. The number of aromatic nitrogens is 1. The standard InChI is InChI=1S/C24H20N2O6S/c1-30-18-11-13-20(14-12-18)33(28,29)26-22-10-6-5-9-21(22)24(27)31-16-19-15-23(25-32-19)17-7-3-2-4-8-17/h2-15,26H,16H2,1H3. The highest BCUT2D eigenvalue weighted by Crippen LogP contribution is 2.23. The van der Waals surface area contributed by atoms with E-state index in [9.17, 15) is 13.2 Å². The lowest BCUT2D eigenvalue weighted by atomic mass is 10.1. The van der Waals surface area contributed by atoms with Crippen LogP contribution in [0.3, 0.4) is 0 Å². The summed E-state index contributed by atoms with van der Waals surface area (Å²) in [5.74, 6) is 0.181. The largest absolute Gasteiger partial charge is 0.497 e. The number of para-hydroxylation sites is 1. The molecule has 0 saturated heterocycles. The van der Waals surface area contributed by atoms with Gasteiger partial charge in [-0.25, -0.2) is 13.2 Å². The van der Waals surface area contributed by atoms with Gasteiger partial charge in [0.1, 0.15) is 11.4 Å². The molecule has 1 heterocycles. The molecule has 3 aromatic carbocycles. The van der Waals surface area contributed by atoms with E-state index in [1.165, 1.54) is 43.5 Å². The molecule has 0 atom stereocenters. The number of rotatable bonds is 8. The summed E-state index contributed by atoms with van der Waals surface area (Å²) in [7, 11) is -2.44. The van der Waals surface area contributed by atoms with Crippen LogP contribution in [0.2, 0.25) is 0 Å². The molecule has 0 aliphatic carbocycles. The number of hydrogen-bond acceptors (Lipinski definition) is 7. The van der Waals surface area contributed by atoms with Crippen molar-refractivity contribution in [3.05, 3.63) is 96.3 Å². The van der Waals surface area contributed by atoms with Crippen LogP contribution < -0.4 is 9.46 Å². The van der Waals surface area contributed by atoms with Gasteiger partial charge >= 0.3 is 5.97 Å². The van der Waals surface area contributed by atoms with Crippen LogP contribution in [0.25, 0.3) is 11.3 Å². The monoisotopic (exact) mass is 464 g/mol. The van der Waals surface area contributed by atoms with E-state index in [0.29, 0.717) is 17.2 Å². The van der Waals surface area contributed by atoms with Gasteiger partial charge < -0.3 is 14.0 Å². The van der Waals surface area contributed by atoms with Gasteiger partial charge in [0.15, 0.2) is 12.4 Å². The summed E-state index contributed by atoms with van der Waals surface area (Å²) < 4.78 is 43.6. The number of methoxy groups -OCH3 is 1. The molecule has 0 amide bonds. The fourth-order valence-electron chi connectivity index (χ4n) is 3.05. The highest BCUT2D eigenvalue weighted by Gasteiger charge is 2.20. The third-order valence-corrected chi connectivity index (χ3v) is 6.12. The van der Waals surface area contributed by atoms with E-state index in [-0.39, 0.29) is 22.8 Å². The predicted molar refractivity (Wildman–Crippen MR) is 121 cm³/mol. The molecule has 9 heteroatoms. The van der Waals surface area contributed by atoms with E-state index >= 15 is 0 Å². The molecule has 1 aromatic heterocycles. The number of carbonyl (C=O) groups excluding carboxylic acids is 1. The number of ether oxygens (including phenoxy) is 2. The van der Waals surface area contributed by atoms with E-state index in [1.807, 2.05) is 30.3 Å². The third-order valence-electron chi connectivity index (χ3n) is 4.74. The molecule has 0 fully saturated rings. The molecule has 1 N–H and O–H groups in total. The molecule has 4 rings (SSSR count). The third kappa shape index (κ3) is 5.21. The molecule has 0 unspecified atom stereocenters. The van der Waals surface area contributed by atoms with E-state index in [2.05, 4.69) is 9.88 Å². The first-order valence-corrected chi connectivity index (χ1v) is 11.4. The van der Waals surface area contributed by atoms with E-state index in [4.69, 9.17) is 14.0 Å². The molecule has 168 valence electrons. The minimum atomic E-state index is -3.93. The number of sulfonamides is 1. The zero-order valence-corrected chi connectivity index (χ0v) is 18.4. The number of nitrogens with zero attached hydrogens (tertiary/aromatic N) is 1. The van der Waals surface area contributed by atoms with Gasteiger partial charge in [0.2, 0.25) is 0 Å². The highest BCUT2D eigenvalue weighted by molar-refractivity contribution is 7.92. The number of anilines is 1. The van der Waals surface area contributed by atoms with Crippen LogP contribution in [0.5, 0.6) is 5.75 Å². The average Bonchev–Trinajstić information content (AvgIpc) is 3.32. The summed E-state index contributed by atoms with van der Waals surface area (Å²) >= 11 is 0. The Hall–Kier alpha value is -4.11. The van der Waals surface area contributed by atoms with Crippen LogP contribution in [0, 0.1) is 0 Å². The van der Waals surface area contributed by atoms with Crippen LogP contribution >= 0.6 is 0 Å². The molecule has 33 heavy (non-hydrogen) atoms. The minimum Gasteiger partial charge on any atom is -0.497 e. The summed E-state index contributed by atoms with van der Waals surface area (Å²) in [5, 5.41) is 3.98. The summed E-state index contributed by atoms with van der Waals surface area (Å²) in [5.41, 5.74) is 1.66. The minimum absolute atomic E-state index is 0.0292. The molecule has 0 aliphatic heterocycles. The van der Waals surface area contributed by atoms with Gasteiger partial charge in [-0.3, -0.25) is 4.72 Å². The zero-order valence-electron chi connectivity index (χ0n) is 17.6. The number of carbonyl (C=O) groups is 1. The molecule has 4 aromatic rings. The SMILES string of the molecule is COc1ccc(S(=O)(=O)Nc2ccccc2C(=O)OCc2cc(-c3ccccc3)no2)cc1. The first kappa shape index (κ1) is 22.1. The lowest BCUT2D eigenvalue weighted by Crippen LogP contribution is -2.16. The summed E-state index contributed by atoms with van der Waals surface area (Å²) in [6, 6.07) is 23.2.